The Labute approximate surface area is 157 Å². The normalized spacial score (nSPS) is 22.2. The first-order valence-corrected chi connectivity index (χ1v) is 8.62. The van der Waals surface area contributed by atoms with E-state index in [0.717, 1.165) is 38.4 Å². The molecular weight excluding hydrogens is 369 g/mol. The van der Waals surface area contributed by atoms with Crippen LogP contribution in [0, 0.1) is 11.3 Å². The fraction of sp³-hybridized carbons (Fsp3) is 0.611. The van der Waals surface area contributed by atoms with Crippen molar-refractivity contribution < 1.29 is 22.7 Å². The van der Waals surface area contributed by atoms with Crippen molar-refractivity contribution in [2.45, 2.75) is 38.4 Å². The fourth-order valence-corrected chi connectivity index (χ4v) is 3.62. The van der Waals surface area contributed by atoms with Crippen LogP contribution in [0.25, 0.3) is 0 Å². The summed E-state index contributed by atoms with van der Waals surface area (Å²) < 4.78 is 44.2. The Morgan fingerprint density at radius 3 is 2.65 bits per heavy atom. The van der Waals surface area contributed by atoms with Crippen molar-refractivity contribution in [1.82, 2.24) is 10.6 Å². The van der Waals surface area contributed by atoms with Gasteiger partial charge in [0.05, 0.1) is 11.6 Å². The smallest absolute Gasteiger partial charge is 0.419 e. The molecule has 1 saturated carbocycles. The number of halogens is 4. The van der Waals surface area contributed by atoms with Crippen LogP contribution in [0.15, 0.2) is 24.3 Å². The fourth-order valence-electron chi connectivity index (χ4n) is 3.62. The molecule has 146 valence electrons. The highest BCUT2D eigenvalue weighted by Crippen LogP contribution is 2.58. The van der Waals surface area contributed by atoms with Crippen LogP contribution in [-0.4, -0.2) is 31.6 Å². The second-order valence-corrected chi connectivity index (χ2v) is 7.08. The zero-order chi connectivity index (χ0) is 18.1. The highest BCUT2D eigenvalue weighted by Gasteiger charge is 2.57. The molecule has 1 amide bonds. The first-order chi connectivity index (χ1) is 11.8. The van der Waals surface area contributed by atoms with Crippen molar-refractivity contribution >= 4 is 18.3 Å². The van der Waals surface area contributed by atoms with E-state index in [1.165, 1.54) is 18.2 Å². The van der Waals surface area contributed by atoms with Crippen LogP contribution in [-0.2, 0) is 11.0 Å². The van der Waals surface area contributed by atoms with Crippen molar-refractivity contribution in [2.24, 2.45) is 11.3 Å². The largest absolute Gasteiger partial charge is 0.491 e. The van der Waals surface area contributed by atoms with E-state index in [2.05, 4.69) is 10.6 Å². The Bertz CT molecular complexity index is 633. The van der Waals surface area contributed by atoms with Gasteiger partial charge in [0.2, 0.25) is 5.91 Å². The summed E-state index contributed by atoms with van der Waals surface area (Å²) in [6.45, 7) is 3.62. The molecule has 0 bridgehead atoms. The molecular formula is C18H24ClF3N2O2. The van der Waals surface area contributed by atoms with E-state index in [-0.39, 0.29) is 48.0 Å². The number of carbonyl (C=O) groups excluding carboxylic acids is 1. The quantitative estimate of drug-likeness (QED) is 0.807. The number of amides is 1. The van der Waals surface area contributed by atoms with Crippen LogP contribution < -0.4 is 15.4 Å². The van der Waals surface area contributed by atoms with Gasteiger partial charge >= 0.3 is 6.18 Å². The number of nitrogens with one attached hydrogen (secondary N) is 2. The predicted octanol–water partition coefficient (Wildman–Crippen LogP) is 3.40. The van der Waals surface area contributed by atoms with Gasteiger partial charge in [0.25, 0.3) is 0 Å². The third-order valence-corrected chi connectivity index (χ3v) is 5.18. The third-order valence-electron chi connectivity index (χ3n) is 5.18. The van der Waals surface area contributed by atoms with Crippen molar-refractivity contribution in [3.05, 3.63) is 29.8 Å². The van der Waals surface area contributed by atoms with Crippen LogP contribution in [0.4, 0.5) is 13.2 Å². The van der Waals surface area contributed by atoms with Crippen molar-refractivity contribution in [3.8, 4) is 5.75 Å². The molecule has 2 N–H and O–H groups in total. The molecule has 0 radical (unpaired) electrons. The van der Waals surface area contributed by atoms with Crippen molar-refractivity contribution in [3.63, 3.8) is 0 Å². The summed E-state index contributed by atoms with van der Waals surface area (Å²) in [6.07, 6.45) is -1.53. The predicted molar refractivity (Wildman–Crippen MR) is 94.4 cm³/mol. The average molecular weight is 393 g/mol. The van der Waals surface area contributed by atoms with Crippen LogP contribution >= 0.6 is 12.4 Å². The van der Waals surface area contributed by atoms with E-state index in [4.69, 9.17) is 4.74 Å². The number of ether oxygens (including phenoxy) is 1. The summed E-state index contributed by atoms with van der Waals surface area (Å²) in [6, 6.07) is 4.75. The van der Waals surface area contributed by atoms with Crippen LogP contribution in [0.3, 0.4) is 0 Å². The first kappa shape index (κ1) is 20.8. The van der Waals surface area contributed by atoms with E-state index in [1.54, 1.807) is 6.92 Å². The molecule has 1 aliphatic carbocycles. The molecule has 1 aromatic rings. The Morgan fingerprint density at radius 1 is 1.35 bits per heavy atom. The summed E-state index contributed by atoms with van der Waals surface area (Å²) >= 11 is 0. The highest BCUT2D eigenvalue weighted by molar-refractivity contribution is 5.85. The number of rotatable bonds is 5. The summed E-state index contributed by atoms with van der Waals surface area (Å²) in [4.78, 5) is 12.4. The van der Waals surface area contributed by atoms with E-state index >= 15 is 0 Å². The van der Waals surface area contributed by atoms with Crippen molar-refractivity contribution in [2.75, 3.05) is 19.7 Å². The number of carbonyl (C=O) groups is 1. The van der Waals surface area contributed by atoms with Crippen LogP contribution in [0.2, 0.25) is 0 Å². The monoisotopic (exact) mass is 392 g/mol. The summed E-state index contributed by atoms with van der Waals surface area (Å²) in [5.41, 5.74) is -0.664. The van der Waals surface area contributed by atoms with Gasteiger partial charge in [-0.2, -0.15) is 13.2 Å². The lowest BCUT2D eigenvalue weighted by Gasteiger charge is -2.24. The number of para-hydroxylation sites is 1. The molecule has 0 aromatic heterocycles. The highest BCUT2D eigenvalue weighted by atomic mass is 35.5. The standard InChI is InChI=1S/C18H23F3N2O2.ClH/c1-12(11-25-15-5-3-2-4-13(15)18(19,20)21)23-16(24)14-10-17(14)6-8-22-9-7-17;/h2-5,12,14,22H,6-11H2,1H3,(H,23,24);1H. The van der Waals surface area contributed by atoms with Crippen molar-refractivity contribution in [1.29, 1.82) is 0 Å². The second-order valence-electron chi connectivity index (χ2n) is 7.08. The van der Waals surface area contributed by atoms with Gasteiger partial charge in [0, 0.05) is 5.92 Å². The van der Waals surface area contributed by atoms with E-state index in [9.17, 15) is 18.0 Å². The molecule has 2 aliphatic rings. The molecule has 1 spiro atoms. The molecule has 2 unspecified atom stereocenters. The zero-order valence-electron chi connectivity index (χ0n) is 14.6. The van der Waals surface area contributed by atoms with E-state index in [1.807, 2.05) is 0 Å². The Kier molecular flexibility index (Phi) is 6.45. The lowest BCUT2D eigenvalue weighted by molar-refractivity contribution is -0.139. The van der Waals surface area contributed by atoms with Crippen LogP contribution in [0.1, 0.15) is 31.7 Å². The number of benzene rings is 1. The number of hydrogen-bond acceptors (Lipinski definition) is 3. The van der Waals surface area contributed by atoms with Gasteiger partial charge in [-0.15, -0.1) is 12.4 Å². The molecule has 3 rings (SSSR count). The molecule has 26 heavy (non-hydrogen) atoms. The Morgan fingerprint density at radius 2 is 2.00 bits per heavy atom. The Hall–Kier alpha value is -1.47. The molecule has 2 fully saturated rings. The minimum Gasteiger partial charge on any atom is -0.491 e. The minimum atomic E-state index is -4.46. The van der Waals surface area contributed by atoms with Gasteiger partial charge in [-0.25, -0.2) is 0 Å². The zero-order valence-corrected chi connectivity index (χ0v) is 15.4. The average Bonchev–Trinajstić information content (AvgIpc) is 3.26. The van der Waals surface area contributed by atoms with Gasteiger partial charge in [-0.3, -0.25) is 4.79 Å². The van der Waals surface area contributed by atoms with Gasteiger partial charge in [-0.1, -0.05) is 12.1 Å². The SMILES string of the molecule is CC(COc1ccccc1C(F)(F)F)NC(=O)C1CC12CCNCC2.Cl. The Balaban J connectivity index is 0.00000243. The maximum absolute atomic E-state index is 12.9. The first-order valence-electron chi connectivity index (χ1n) is 8.62. The minimum absolute atomic E-state index is 0. The maximum atomic E-state index is 12.9. The summed E-state index contributed by atoms with van der Waals surface area (Å²) in [7, 11) is 0. The molecule has 1 aliphatic heterocycles. The molecule has 1 saturated heterocycles. The van der Waals surface area contributed by atoms with Gasteiger partial charge < -0.3 is 15.4 Å². The summed E-state index contributed by atoms with van der Waals surface area (Å²) in [5, 5.41) is 6.17. The number of piperidine rings is 1. The topological polar surface area (TPSA) is 50.4 Å². The lowest BCUT2D eigenvalue weighted by Crippen LogP contribution is -2.40. The van der Waals surface area contributed by atoms with Gasteiger partial charge in [0.15, 0.2) is 0 Å². The van der Waals surface area contributed by atoms with Gasteiger partial charge in [0.1, 0.15) is 12.4 Å². The molecule has 8 heteroatoms. The van der Waals surface area contributed by atoms with Gasteiger partial charge in [-0.05, 0) is 56.8 Å². The summed E-state index contributed by atoms with van der Waals surface area (Å²) in [5.74, 6) is -0.195. The second kappa shape index (κ2) is 8.05. The molecule has 1 aromatic carbocycles. The number of alkyl halides is 3. The molecule has 2 atom stereocenters. The van der Waals surface area contributed by atoms with E-state index < -0.39 is 11.7 Å². The maximum Gasteiger partial charge on any atom is 0.419 e. The molecule has 1 heterocycles. The lowest BCUT2D eigenvalue weighted by atomic mass is 9.91. The van der Waals surface area contributed by atoms with E-state index in [0.29, 0.717) is 0 Å². The third kappa shape index (κ3) is 4.62. The van der Waals surface area contributed by atoms with Crippen LogP contribution in [0.5, 0.6) is 5.75 Å². The number of hydrogen-bond donors (Lipinski definition) is 2. The molecule has 4 nitrogen and oxygen atoms in total.